The van der Waals surface area contributed by atoms with Gasteiger partial charge in [0.2, 0.25) is 0 Å². The summed E-state index contributed by atoms with van der Waals surface area (Å²) in [5.74, 6) is 1.87. The maximum Gasteiger partial charge on any atom is 0.294 e. The molecule has 0 aliphatic heterocycles. The van der Waals surface area contributed by atoms with Crippen molar-refractivity contribution in [3.05, 3.63) is 156 Å². The summed E-state index contributed by atoms with van der Waals surface area (Å²) < 4.78 is 4.76. The van der Waals surface area contributed by atoms with Crippen LogP contribution in [-0.2, 0) is 7.05 Å². The predicted molar refractivity (Wildman–Crippen MR) is 206 cm³/mol. The first-order valence-electron chi connectivity index (χ1n) is 17.6. The van der Waals surface area contributed by atoms with Crippen LogP contribution in [0.1, 0.15) is 56.2 Å². The molecular formula is C47H43N2+. The second-order valence-electron chi connectivity index (χ2n) is 14.1. The fraction of sp³-hybridized carbons (Fsp3) is 0.170. The highest BCUT2D eigenvalue weighted by Gasteiger charge is 2.30. The molecule has 0 saturated heterocycles. The van der Waals surface area contributed by atoms with Crippen LogP contribution < -0.4 is 4.57 Å². The van der Waals surface area contributed by atoms with Gasteiger partial charge in [-0.25, -0.2) is 4.57 Å². The van der Waals surface area contributed by atoms with E-state index in [-0.39, 0.29) is 0 Å². The van der Waals surface area contributed by atoms with Gasteiger partial charge in [0.1, 0.15) is 18.1 Å². The smallest absolute Gasteiger partial charge is 0.232 e. The standard InChI is InChI=1S/C47H43N2/c1-30(2)41-27-34(33-16-8-7-9-17-33)28-42(31(3)4)46(41)49-25-24-48(6)47(49)43-29-45-40-23-15-13-21-38(40)36-19-11-10-18-35(36)37-20-12-14-22-39(37)44(45)26-32(43)5/h7-31H,1-6H3/q+1. The third-order valence-corrected chi connectivity index (χ3v) is 10.3. The van der Waals surface area contributed by atoms with Crippen LogP contribution in [0.2, 0.25) is 0 Å². The molecular weight excluding hydrogens is 593 g/mol. The second kappa shape index (κ2) is 12.2. The van der Waals surface area contributed by atoms with Crippen LogP contribution in [0, 0.1) is 6.92 Å². The van der Waals surface area contributed by atoms with E-state index >= 15 is 0 Å². The van der Waals surface area contributed by atoms with Gasteiger partial charge in [-0.3, -0.25) is 0 Å². The van der Waals surface area contributed by atoms with E-state index in [0.29, 0.717) is 11.8 Å². The molecule has 0 radical (unpaired) electrons. The van der Waals surface area contributed by atoms with E-state index in [1.807, 2.05) is 0 Å². The first-order valence-corrected chi connectivity index (χ1v) is 17.6. The molecule has 7 aromatic rings. The monoisotopic (exact) mass is 635 g/mol. The summed E-state index contributed by atoms with van der Waals surface area (Å²) in [4.78, 5) is 0. The topological polar surface area (TPSA) is 8.81 Å². The molecule has 49 heavy (non-hydrogen) atoms. The quantitative estimate of drug-likeness (QED) is 0.166. The van der Waals surface area contributed by atoms with Crippen LogP contribution >= 0.6 is 0 Å². The summed E-state index contributed by atoms with van der Waals surface area (Å²) in [6.45, 7) is 11.6. The molecule has 0 fully saturated rings. The predicted octanol–water partition coefficient (Wildman–Crippen LogP) is 12.2. The molecule has 2 nitrogen and oxygen atoms in total. The van der Waals surface area contributed by atoms with Crippen molar-refractivity contribution in [2.75, 3.05) is 0 Å². The molecule has 0 spiro atoms. The molecule has 0 atom stereocenters. The van der Waals surface area contributed by atoms with Gasteiger partial charge in [-0.1, -0.05) is 131 Å². The number of hydrogen-bond donors (Lipinski definition) is 0. The van der Waals surface area contributed by atoms with Crippen LogP contribution in [0.25, 0.3) is 72.7 Å². The minimum absolute atomic E-state index is 0.344. The van der Waals surface area contributed by atoms with Gasteiger partial charge in [0.05, 0.1) is 12.6 Å². The normalized spacial score (nSPS) is 11.8. The van der Waals surface area contributed by atoms with Crippen molar-refractivity contribution in [2.24, 2.45) is 7.05 Å². The third kappa shape index (κ3) is 5.14. The van der Waals surface area contributed by atoms with Crippen molar-refractivity contribution in [3.8, 4) is 72.7 Å². The van der Waals surface area contributed by atoms with Crippen molar-refractivity contribution >= 4 is 0 Å². The highest BCUT2D eigenvalue weighted by atomic mass is 15.1. The SMILES string of the molecule is Cc1cc2c(cc1-c1n(-c3c(C(C)C)cc(-c4ccccc4)cc3C(C)C)cc[n+]1C)-c1ccccc1-c1ccccc1-c1ccccc1-2. The number of fused-ring (bicyclic) bond motifs is 8. The van der Waals surface area contributed by atoms with Gasteiger partial charge in [-0.05, 0) is 104 Å². The lowest BCUT2D eigenvalue weighted by Gasteiger charge is -2.24. The third-order valence-electron chi connectivity index (χ3n) is 10.3. The highest BCUT2D eigenvalue weighted by molar-refractivity contribution is 6.04. The van der Waals surface area contributed by atoms with E-state index in [2.05, 4.69) is 191 Å². The average molecular weight is 636 g/mol. The molecule has 240 valence electrons. The van der Waals surface area contributed by atoms with Crippen LogP contribution in [0.4, 0.5) is 0 Å². The summed E-state index contributed by atoms with van der Waals surface area (Å²) >= 11 is 0. The van der Waals surface area contributed by atoms with Gasteiger partial charge in [-0.15, -0.1) is 0 Å². The molecule has 0 unspecified atom stereocenters. The number of aryl methyl sites for hydroxylation is 2. The van der Waals surface area contributed by atoms with Gasteiger partial charge >= 0.3 is 0 Å². The van der Waals surface area contributed by atoms with Crippen molar-refractivity contribution in [1.82, 2.24) is 4.57 Å². The van der Waals surface area contributed by atoms with Crippen molar-refractivity contribution in [3.63, 3.8) is 0 Å². The summed E-state index contributed by atoms with van der Waals surface area (Å²) in [5, 5.41) is 0. The van der Waals surface area contributed by atoms with Crippen LogP contribution in [0.5, 0.6) is 0 Å². The van der Waals surface area contributed by atoms with Gasteiger partial charge in [0.15, 0.2) is 0 Å². The largest absolute Gasteiger partial charge is 0.294 e. The minimum Gasteiger partial charge on any atom is -0.232 e. The summed E-state index contributed by atoms with van der Waals surface area (Å²) in [5.41, 5.74) is 19.2. The number of nitrogens with zero attached hydrogens (tertiary/aromatic N) is 2. The molecule has 0 bridgehead atoms. The lowest BCUT2D eigenvalue weighted by molar-refractivity contribution is -0.659. The van der Waals surface area contributed by atoms with Gasteiger partial charge < -0.3 is 0 Å². The Bertz CT molecular complexity index is 2320. The van der Waals surface area contributed by atoms with Crippen LogP contribution in [0.3, 0.4) is 0 Å². The zero-order valence-electron chi connectivity index (χ0n) is 29.3. The Morgan fingerprint density at radius 2 is 0.898 bits per heavy atom. The van der Waals surface area contributed by atoms with E-state index in [9.17, 15) is 0 Å². The molecule has 0 saturated carbocycles. The van der Waals surface area contributed by atoms with Crippen LogP contribution in [0.15, 0.2) is 140 Å². The van der Waals surface area contributed by atoms with Crippen molar-refractivity contribution in [2.45, 2.75) is 46.5 Å². The Balaban J connectivity index is 1.41. The molecule has 8 rings (SSSR count). The second-order valence-corrected chi connectivity index (χ2v) is 14.1. The first kappa shape index (κ1) is 30.8. The molecule has 1 heterocycles. The van der Waals surface area contributed by atoms with Crippen molar-refractivity contribution in [1.29, 1.82) is 0 Å². The number of aromatic nitrogens is 2. The molecule has 2 heteroatoms. The number of rotatable bonds is 5. The van der Waals surface area contributed by atoms with Gasteiger partial charge in [-0.2, -0.15) is 4.57 Å². The Hall–Kier alpha value is -5.47. The Labute approximate surface area is 291 Å². The van der Waals surface area contributed by atoms with E-state index < -0.39 is 0 Å². The summed E-state index contributed by atoms with van der Waals surface area (Å²) in [7, 11) is 2.18. The van der Waals surface area contributed by atoms with E-state index in [4.69, 9.17) is 0 Å². The van der Waals surface area contributed by atoms with Gasteiger partial charge in [0, 0.05) is 11.1 Å². The molecule has 0 N–H and O–H groups in total. The Kier molecular flexibility index (Phi) is 7.68. The molecule has 1 aromatic heterocycles. The van der Waals surface area contributed by atoms with E-state index in [1.165, 1.54) is 89.4 Å². The maximum absolute atomic E-state index is 2.46. The summed E-state index contributed by atoms with van der Waals surface area (Å²) in [6, 6.07) is 47.2. The van der Waals surface area contributed by atoms with Gasteiger partial charge in [0.25, 0.3) is 5.82 Å². The fourth-order valence-corrected chi connectivity index (χ4v) is 7.87. The molecule has 6 aromatic carbocycles. The zero-order valence-corrected chi connectivity index (χ0v) is 29.3. The fourth-order valence-electron chi connectivity index (χ4n) is 7.87. The highest BCUT2D eigenvalue weighted by Crippen LogP contribution is 2.49. The molecule has 1 aliphatic rings. The molecule has 1 aliphatic carbocycles. The first-order chi connectivity index (χ1) is 23.8. The average Bonchev–Trinajstić information content (AvgIpc) is 3.51. The molecule has 0 amide bonds. The number of benzene rings is 6. The van der Waals surface area contributed by atoms with Crippen molar-refractivity contribution < 1.29 is 4.57 Å². The zero-order chi connectivity index (χ0) is 33.8. The number of hydrogen-bond acceptors (Lipinski definition) is 0. The number of imidazole rings is 1. The Morgan fingerprint density at radius 3 is 1.37 bits per heavy atom. The van der Waals surface area contributed by atoms with E-state index in [0.717, 1.165) is 0 Å². The maximum atomic E-state index is 2.46. The lowest BCUT2D eigenvalue weighted by atomic mass is 9.79. The van der Waals surface area contributed by atoms with Crippen LogP contribution in [-0.4, -0.2) is 4.57 Å². The van der Waals surface area contributed by atoms with E-state index in [1.54, 1.807) is 0 Å². The minimum atomic E-state index is 0.344. The lowest BCUT2D eigenvalue weighted by Crippen LogP contribution is -2.29. The summed E-state index contributed by atoms with van der Waals surface area (Å²) in [6.07, 6.45) is 4.48. The Morgan fingerprint density at radius 1 is 0.469 bits per heavy atom.